The number of amides is 1. The highest BCUT2D eigenvalue weighted by atomic mass is 16.1. The molecular formula is C12H13N3O. The second-order valence-electron chi connectivity index (χ2n) is 3.64. The minimum atomic E-state index is -0.142. The standard InChI is InChI=1S/C12H13N3O/c1-8-4-3-5-10(9(8)2)11(16)15-12-13-6-7-14-12/h3-7H,1-2H3,(H2,13,14,15,16). The first-order valence-electron chi connectivity index (χ1n) is 5.05. The van der Waals surface area contributed by atoms with E-state index >= 15 is 0 Å². The predicted octanol–water partition coefficient (Wildman–Crippen LogP) is 2.28. The highest BCUT2D eigenvalue weighted by molar-refractivity contribution is 6.04. The molecule has 0 aliphatic carbocycles. The van der Waals surface area contributed by atoms with Crippen LogP contribution in [0.5, 0.6) is 0 Å². The summed E-state index contributed by atoms with van der Waals surface area (Å²) in [6.45, 7) is 3.92. The van der Waals surface area contributed by atoms with E-state index in [1.54, 1.807) is 18.5 Å². The van der Waals surface area contributed by atoms with Gasteiger partial charge in [-0.15, -0.1) is 0 Å². The first-order valence-corrected chi connectivity index (χ1v) is 5.05. The maximum Gasteiger partial charge on any atom is 0.258 e. The van der Waals surface area contributed by atoms with Gasteiger partial charge in [0.15, 0.2) is 0 Å². The minimum Gasteiger partial charge on any atom is -0.331 e. The molecule has 0 aliphatic rings. The van der Waals surface area contributed by atoms with E-state index in [-0.39, 0.29) is 5.91 Å². The SMILES string of the molecule is Cc1cccc(C(=O)Nc2ncc[nH]2)c1C. The first kappa shape index (κ1) is 10.4. The molecule has 1 aromatic heterocycles. The summed E-state index contributed by atoms with van der Waals surface area (Å²) in [5, 5.41) is 2.70. The van der Waals surface area contributed by atoms with Crippen molar-refractivity contribution in [2.24, 2.45) is 0 Å². The van der Waals surface area contributed by atoms with Crippen LogP contribution in [0.2, 0.25) is 0 Å². The number of nitrogens with zero attached hydrogens (tertiary/aromatic N) is 1. The molecule has 1 heterocycles. The number of nitrogens with one attached hydrogen (secondary N) is 2. The molecule has 1 amide bonds. The molecule has 0 unspecified atom stereocenters. The number of benzene rings is 1. The molecule has 0 radical (unpaired) electrons. The fourth-order valence-corrected chi connectivity index (χ4v) is 1.51. The van der Waals surface area contributed by atoms with Gasteiger partial charge in [-0.05, 0) is 31.0 Å². The summed E-state index contributed by atoms with van der Waals surface area (Å²) < 4.78 is 0. The molecule has 0 fully saturated rings. The lowest BCUT2D eigenvalue weighted by Crippen LogP contribution is -2.14. The number of carbonyl (C=O) groups is 1. The summed E-state index contributed by atoms with van der Waals surface area (Å²) in [6.07, 6.45) is 3.26. The average molecular weight is 215 g/mol. The third-order valence-electron chi connectivity index (χ3n) is 2.58. The average Bonchev–Trinajstić information content (AvgIpc) is 2.74. The number of aromatic nitrogens is 2. The van der Waals surface area contributed by atoms with Crippen LogP contribution >= 0.6 is 0 Å². The fraction of sp³-hybridized carbons (Fsp3) is 0.167. The number of carbonyl (C=O) groups excluding carboxylic acids is 1. The second-order valence-corrected chi connectivity index (χ2v) is 3.64. The number of aromatic amines is 1. The van der Waals surface area contributed by atoms with E-state index in [0.29, 0.717) is 11.5 Å². The van der Waals surface area contributed by atoms with Crippen LogP contribution in [0.1, 0.15) is 21.5 Å². The molecule has 0 spiro atoms. The zero-order valence-electron chi connectivity index (χ0n) is 9.24. The molecule has 4 nitrogen and oxygen atoms in total. The predicted molar refractivity (Wildman–Crippen MR) is 62.5 cm³/mol. The van der Waals surface area contributed by atoms with E-state index in [1.165, 1.54) is 0 Å². The molecule has 2 N–H and O–H groups in total. The van der Waals surface area contributed by atoms with Gasteiger partial charge in [0.25, 0.3) is 5.91 Å². The molecule has 0 bridgehead atoms. The third kappa shape index (κ3) is 1.95. The molecule has 0 saturated heterocycles. The molecule has 16 heavy (non-hydrogen) atoms. The Balaban J connectivity index is 2.24. The van der Waals surface area contributed by atoms with Crippen molar-refractivity contribution < 1.29 is 4.79 Å². The Labute approximate surface area is 93.7 Å². The van der Waals surface area contributed by atoms with E-state index < -0.39 is 0 Å². The molecule has 0 aliphatic heterocycles. The largest absolute Gasteiger partial charge is 0.331 e. The van der Waals surface area contributed by atoms with Gasteiger partial charge < -0.3 is 4.98 Å². The Hall–Kier alpha value is -2.10. The smallest absolute Gasteiger partial charge is 0.258 e. The number of aryl methyl sites for hydroxylation is 1. The van der Waals surface area contributed by atoms with Crippen LogP contribution in [0.3, 0.4) is 0 Å². The minimum absolute atomic E-state index is 0.142. The monoisotopic (exact) mass is 215 g/mol. The van der Waals surface area contributed by atoms with Gasteiger partial charge in [0, 0.05) is 18.0 Å². The van der Waals surface area contributed by atoms with E-state index in [1.807, 2.05) is 26.0 Å². The highest BCUT2D eigenvalue weighted by Gasteiger charge is 2.10. The van der Waals surface area contributed by atoms with Gasteiger partial charge in [-0.2, -0.15) is 0 Å². The van der Waals surface area contributed by atoms with Crippen molar-refractivity contribution in [1.29, 1.82) is 0 Å². The summed E-state index contributed by atoms with van der Waals surface area (Å²) in [5.74, 6) is 0.321. The lowest BCUT2D eigenvalue weighted by molar-refractivity contribution is 0.102. The Bertz CT molecular complexity index is 503. The zero-order chi connectivity index (χ0) is 11.5. The number of H-pyrrole nitrogens is 1. The van der Waals surface area contributed by atoms with Crippen molar-refractivity contribution in [2.75, 3.05) is 5.32 Å². The summed E-state index contributed by atoms with van der Waals surface area (Å²) in [7, 11) is 0. The lowest BCUT2D eigenvalue weighted by Gasteiger charge is -2.07. The fourth-order valence-electron chi connectivity index (χ4n) is 1.51. The number of anilines is 1. The molecular weight excluding hydrogens is 202 g/mol. The van der Waals surface area contributed by atoms with Crippen molar-refractivity contribution >= 4 is 11.9 Å². The second kappa shape index (κ2) is 4.18. The summed E-state index contributed by atoms with van der Waals surface area (Å²) in [4.78, 5) is 18.7. The molecule has 2 rings (SSSR count). The van der Waals surface area contributed by atoms with E-state index in [4.69, 9.17) is 0 Å². The number of imidazole rings is 1. The Morgan fingerprint density at radius 3 is 2.88 bits per heavy atom. The van der Waals surface area contributed by atoms with E-state index in [9.17, 15) is 4.79 Å². The quantitative estimate of drug-likeness (QED) is 0.807. The van der Waals surface area contributed by atoms with Gasteiger partial charge in [0.1, 0.15) is 0 Å². The van der Waals surface area contributed by atoms with Gasteiger partial charge in [0.2, 0.25) is 5.95 Å². The topological polar surface area (TPSA) is 57.8 Å². The van der Waals surface area contributed by atoms with Gasteiger partial charge in [-0.25, -0.2) is 4.98 Å². The van der Waals surface area contributed by atoms with Crippen LogP contribution in [0.4, 0.5) is 5.95 Å². The van der Waals surface area contributed by atoms with Crippen molar-refractivity contribution in [2.45, 2.75) is 13.8 Å². The summed E-state index contributed by atoms with van der Waals surface area (Å²) in [5.41, 5.74) is 2.77. The molecule has 4 heteroatoms. The van der Waals surface area contributed by atoms with Crippen LogP contribution in [0.25, 0.3) is 0 Å². The van der Waals surface area contributed by atoms with Crippen molar-refractivity contribution in [3.63, 3.8) is 0 Å². The maximum atomic E-state index is 11.9. The van der Waals surface area contributed by atoms with Crippen molar-refractivity contribution in [3.05, 3.63) is 47.3 Å². The molecule has 2 aromatic rings. The maximum absolute atomic E-state index is 11.9. The highest BCUT2D eigenvalue weighted by Crippen LogP contribution is 2.13. The first-order chi connectivity index (χ1) is 7.68. The Morgan fingerprint density at radius 2 is 2.19 bits per heavy atom. The van der Waals surface area contributed by atoms with Gasteiger partial charge in [-0.1, -0.05) is 12.1 Å². The molecule has 0 atom stereocenters. The van der Waals surface area contributed by atoms with Gasteiger partial charge >= 0.3 is 0 Å². The van der Waals surface area contributed by atoms with Crippen molar-refractivity contribution in [1.82, 2.24) is 9.97 Å². The van der Waals surface area contributed by atoms with Crippen LogP contribution in [0, 0.1) is 13.8 Å². The molecule has 82 valence electrons. The van der Waals surface area contributed by atoms with Gasteiger partial charge in [0.05, 0.1) is 0 Å². The van der Waals surface area contributed by atoms with E-state index in [0.717, 1.165) is 11.1 Å². The Kier molecular flexibility index (Phi) is 2.72. The Morgan fingerprint density at radius 1 is 1.38 bits per heavy atom. The lowest BCUT2D eigenvalue weighted by atomic mass is 10.0. The summed E-state index contributed by atoms with van der Waals surface area (Å²) >= 11 is 0. The number of hydrogen-bond acceptors (Lipinski definition) is 2. The van der Waals surface area contributed by atoms with Gasteiger partial charge in [-0.3, -0.25) is 10.1 Å². The summed E-state index contributed by atoms with van der Waals surface area (Å²) in [6, 6.07) is 5.67. The molecule has 0 saturated carbocycles. The number of hydrogen-bond donors (Lipinski definition) is 2. The van der Waals surface area contributed by atoms with Crippen LogP contribution < -0.4 is 5.32 Å². The van der Waals surface area contributed by atoms with Crippen molar-refractivity contribution in [3.8, 4) is 0 Å². The van der Waals surface area contributed by atoms with Crippen LogP contribution in [-0.4, -0.2) is 15.9 Å². The number of rotatable bonds is 2. The molecule has 1 aromatic carbocycles. The normalized spacial score (nSPS) is 10.1. The van der Waals surface area contributed by atoms with E-state index in [2.05, 4.69) is 15.3 Å². The van der Waals surface area contributed by atoms with Crippen LogP contribution in [0.15, 0.2) is 30.6 Å². The van der Waals surface area contributed by atoms with Crippen LogP contribution in [-0.2, 0) is 0 Å². The zero-order valence-corrected chi connectivity index (χ0v) is 9.24. The third-order valence-corrected chi connectivity index (χ3v) is 2.58.